The van der Waals surface area contributed by atoms with Gasteiger partial charge in [0.2, 0.25) is 10.0 Å². The fourth-order valence-corrected chi connectivity index (χ4v) is 4.32. The summed E-state index contributed by atoms with van der Waals surface area (Å²) in [5, 5.41) is 3.26. The highest BCUT2D eigenvalue weighted by atomic mass is 79.9. The summed E-state index contributed by atoms with van der Waals surface area (Å²) < 4.78 is 26.6. The van der Waals surface area contributed by atoms with Gasteiger partial charge in [-0.2, -0.15) is 0 Å². The van der Waals surface area contributed by atoms with Crippen LogP contribution in [0.15, 0.2) is 14.1 Å². The Bertz CT molecular complexity index is 413. The Balaban J connectivity index is 2.77. The number of rotatable bonds is 5. The summed E-state index contributed by atoms with van der Waals surface area (Å²) >= 11 is 10.0. The molecule has 0 atom stereocenters. The number of thiophene rings is 1. The van der Waals surface area contributed by atoms with Crippen LogP contribution in [0.2, 0.25) is 5.02 Å². The molecule has 0 unspecified atom stereocenters. The molecule has 0 aliphatic rings. The van der Waals surface area contributed by atoms with E-state index in [1.165, 1.54) is 6.07 Å². The molecule has 0 radical (unpaired) electrons. The third-order valence-corrected chi connectivity index (χ3v) is 5.96. The van der Waals surface area contributed by atoms with Crippen LogP contribution in [0.4, 0.5) is 0 Å². The Kier molecular flexibility index (Phi) is 5.01. The average Bonchev–Trinajstić information content (AvgIpc) is 2.48. The predicted octanol–water partition coefficient (Wildman–Crippen LogP) is 1.66. The van der Waals surface area contributed by atoms with E-state index in [2.05, 4.69) is 26.0 Å². The first-order valence-electron chi connectivity index (χ1n) is 4.06. The molecule has 0 amide bonds. The molecule has 2 N–H and O–H groups in total. The number of halogens is 2. The van der Waals surface area contributed by atoms with E-state index in [0.717, 1.165) is 11.3 Å². The van der Waals surface area contributed by atoms with Crippen molar-refractivity contribution in [3.63, 3.8) is 0 Å². The van der Waals surface area contributed by atoms with Crippen LogP contribution in [0.3, 0.4) is 0 Å². The molecule has 0 fully saturated rings. The van der Waals surface area contributed by atoms with Crippen LogP contribution in [0.1, 0.15) is 0 Å². The largest absolute Gasteiger partial charge is 0.318 e. The summed E-state index contributed by atoms with van der Waals surface area (Å²) in [6, 6.07) is 1.43. The lowest BCUT2D eigenvalue weighted by molar-refractivity contribution is 0.581. The maximum atomic E-state index is 11.7. The second kappa shape index (κ2) is 5.60. The lowest BCUT2D eigenvalue weighted by Gasteiger charge is -2.03. The van der Waals surface area contributed by atoms with Gasteiger partial charge in [0.15, 0.2) is 0 Å². The van der Waals surface area contributed by atoms with E-state index >= 15 is 0 Å². The van der Waals surface area contributed by atoms with Crippen LogP contribution < -0.4 is 10.0 Å². The zero-order valence-corrected chi connectivity index (χ0v) is 11.9. The molecule has 0 spiro atoms. The SMILES string of the molecule is CNCCNS(=O)(=O)c1cc(Cl)c(Br)s1. The Morgan fingerprint density at radius 3 is 2.67 bits per heavy atom. The van der Waals surface area contributed by atoms with Crippen molar-refractivity contribution in [1.29, 1.82) is 0 Å². The van der Waals surface area contributed by atoms with Crippen molar-refractivity contribution in [1.82, 2.24) is 10.0 Å². The van der Waals surface area contributed by atoms with Crippen molar-refractivity contribution in [2.45, 2.75) is 4.21 Å². The molecular weight excluding hydrogens is 324 g/mol. The van der Waals surface area contributed by atoms with Gasteiger partial charge in [0.1, 0.15) is 4.21 Å². The van der Waals surface area contributed by atoms with Gasteiger partial charge in [-0.15, -0.1) is 11.3 Å². The van der Waals surface area contributed by atoms with Crippen LogP contribution in [0.5, 0.6) is 0 Å². The van der Waals surface area contributed by atoms with Crippen molar-refractivity contribution in [2.24, 2.45) is 0 Å². The third-order valence-electron chi connectivity index (χ3n) is 1.55. The van der Waals surface area contributed by atoms with Crippen molar-refractivity contribution >= 4 is 48.9 Å². The molecule has 1 aromatic heterocycles. The Morgan fingerprint density at radius 2 is 2.20 bits per heavy atom. The monoisotopic (exact) mass is 332 g/mol. The second-order valence-electron chi connectivity index (χ2n) is 2.69. The molecule has 0 aliphatic carbocycles. The summed E-state index contributed by atoms with van der Waals surface area (Å²) in [6.07, 6.45) is 0. The molecule has 15 heavy (non-hydrogen) atoms. The van der Waals surface area contributed by atoms with Crippen molar-refractivity contribution in [3.8, 4) is 0 Å². The Morgan fingerprint density at radius 1 is 1.53 bits per heavy atom. The maximum Gasteiger partial charge on any atom is 0.250 e. The predicted molar refractivity (Wildman–Crippen MR) is 66.1 cm³/mol. The van der Waals surface area contributed by atoms with Gasteiger partial charge >= 0.3 is 0 Å². The number of nitrogens with one attached hydrogen (secondary N) is 2. The smallest absolute Gasteiger partial charge is 0.250 e. The van der Waals surface area contributed by atoms with Crippen LogP contribution in [-0.4, -0.2) is 28.6 Å². The van der Waals surface area contributed by atoms with Gasteiger partial charge in [0.25, 0.3) is 0 Å². The van der Waals surface area contributed by atoms with Gasteiger partial charge in [-0.05, 0) is 29.0 Å². The van der Waals surface area contributed by atoms with E-state index in [4.69, 9.17) is 11.6 Å². The summed E-state index contributed by atoms with van der Waals surface area (Å²) in [7, 11) is -1.66. The summed E-state index contributed by atoms with van der Waals surface area (Å²) in [4.78, 5) is 0. The first-order valence-corrected chi connectivity index (χ1v) is 7.53. The Hall–Kier alpha value is 0.340. The lowest BCUT2D eigenvalue weighted by Crippen LogP contribution is -2.30. The third kappa shape index (κ3) is 3.69. The van der Waals surface area contributed by atoms with Crippen molar-refractivity contribution in [2.75, 3.05) is 20.1 Å². The molecule has 4 nitrogen and oxygen atoms in total. The fraction of sp³-hybridized carbons (Fsp3) is 0.429. The van der Waals surface area contributed by atoms with Crippen molar-refractivity contribution < 1.29 is 8.42 Å². The molecule has 0 saturated heterocycles. The van der Waals surface area contributed by atoms with Crippen LogP contribution in [-0.2, 0) is 10.0 Å². The molecule has 0 bridgehead atoms. The van der Waals surface area contributed by atoms with E-state index < -0.39 is 10.0 Å². The zero-order chi connectivity index (χ0) is 11.5. The van der Waals surface area contributed by atoms with Crippen LogP contribution in [0, 0.1) is 0 Å². The standard InChI is InChI=1S/C7H10BrClN2O2S2/c1-10-2-3-11-15(12,13)6-4-5(9)7(8)14-6/h4,10-11H,2-3H2,1H3. The molecule has 0 aliphatic heterocycles. The highest BCUT2D eigenvalue weighted by Gasteiger charge is 2.17. The Labute approximate surface area is 106 Å². The van der Waals surface area contributed by atoms with Gasteiger partial charge in [-0.3, -0.25) is 0 Å². The van der Waals surface area contributed by atoms with E-state index in [1.807, 2.05) is 0 Å². The topological polar surface area (TPSA) is 58.2 Å². The minimum atomic E-state index is -3.42. The minimum absolute atomic E-state index is 0.218. The molecule has 1 rings (SSSR count). The summed E-state index contributed by atoms with van der Waals surface area (Å²) in [5.74, 6) is 0. The van der Waals surface area contributed by atoms with E-state index in [0.29, 0.717) is 21.9 Å². The summed E-state index contributed by atoms with van der Waals surface area (Å²) in [6.45, 7) is 0.936. The molecule has 0 saturated carbocycles. The van der Waals surface area contributed by atoms with Crippen molar-refractivity contribution in [3.05, 3.63) is 14.9 Å². The van der Waals surface area contributed by atoms with Crippen LogP contribution in [0.25, 0.3) is 0 Å². The normalized spacial score (nSPS) is 11.9. The molecule has 1 heterocycles. The fourth-order valence-electron chi connectivity index (χ4n) is 0.841. The van der Waals surface area contributed by atoms with Gasteiger partial charge in [-0.1, -0.05) is 11.6 Å². The maximum absolute atomic E-state index is 11.7. The van der Waals surface area contributed by atoms with E-state index in [9.17, 15) is 8.42 Å². The van der Waals surface area contributed by atoms with Gasteiger partial charge in [-0.25, -0.2) is 13.1 Å². The van der Waals surface area contributed by atoms with Crippen LogP contribution >= 0.6 is 38.9 Å². The number of sulfonamides is 1. The molecular formula is C7H10BrClN2O2S2. The van der Waals surface area contributed by atoms with Gasteiger partial charge < -0.3 is 5.32 Å². The molecule has 86 valence electrons. The quantitative estimate of drug-likeness (QED) is 0.806. The second-order valence-corrected chi connectivity index (χ2v) is 7.46. The number of hydrogen-bond donors (Lipinski definition) is 2. The number of hydrogen-bond acceptors (Lipinski definition) is 4. The zero-order valence-electron chi connectivity index (χ0n) is 7.88. The number of likely N-dealkylation sites (N-methyl/N-ethyl adjacent to an activating group) is 1. The highest BCUT2D eigenvalue weighted by Crippen LogP contribution is 2.34. The molecule has 8 heteroatoms. The van der Waals surface area contributed by atoms with E-state index in [-0.39, 0.29) is 4.21 Å². The van der Waals surface area contributed by atoms with Gasteiger partial charge in [0, 0.05) is 13.1 Å². The first-order chi connectivity index (χ1) is 6.97. The molecule has 1 aromatic rings. The first kappa shape index (κ1) is 13.4. The average molecular weight is 334 g/mol. The van der Waals surface area contributed by atoms with E-state index in [1.54, 1.807) is 7.05 Å². The van der Waals surface area contributed by atoms with Gasteiger partial charge in [0.05, 0.1) is 8.81 Å². The highest BCUT2D eigenvalue weighted by molar-refractivity contribution is 9.11. The minimum Gasteiger partial charge on any atom is -0.318 e. The summed E-state index contributed by atoms with van der Waals surface area (Å²) in [5.41, 5.74) is 0. The lowest BCUT2D eigenvalue weighted by atomic mass is 10.7. The molecule has 0 aromatic carbocycles.